The van der Waals surface area contributed by atoms with Crippen LogP contribution < -0.4 is 10.6 Å². The Morgan fingerprint density at radius 3 is 2.30 bits per heavy atom. The van der Waals surface area contributed by atoms with Gasteiger partial charge in [0.05, 0.1) is 24.2 Å². The topological polar surface area (TPSA) is 156 Å². The summed E-state index contributed by atoms with van der Waals surface area (Å²) in [6, 6.07) is 4.51. The summed E-state index contributed by atoms with van der Waals surface area (Å²) in [7, 11) is -2.60. The Morgan fingerprint density at radius 1 is 1.07 bits per heavy atom. The van der Waals surface area contributed by atoms with Crippen LogP contribution in [0.3, 0.4) is 0 Å². The number of carbonyl (C=O) groups is 3. The van der Waals surface area contributed by atoms with Gasteiger partial charge in [0.1, 0.15) is 18.4 Å². The molecule has 0 aliphatic carbocycles. The zero-order valence-electron chi connectivity index (χ0n) is 24.2. The van der Waals surface area contributed by atoms with E-state index in [0.29, 0.717) is 0 Å². The first-order valence-corrected chi connectivity index (χ1v) is 14.3. The highest BCUT2D eigenvalue weighted by Gasteiger charge is 2.29. The minimum absolute atomic E-state index is 0.0150. The molecule has 0 unspecified atom stereocenters. The van der Waals surface area contributed by atoms with Gasteiger partial charge < -0.3 is 29.6 Å². The van der Waals surface area contributed by atoms with Crippen molar-refractivity contribution in [1.82, 2.24) is 10.6 Å². The van der Waals surface area contributed by atoms with Crippen LogP contribution in [-0.2, 0) is 42.8 Å². The van der Waals surface area contributed by atoms with Crippen LogP contribution in [0, 0.1) is 6.92 Å². The lowest BCUT2D eigenvalue weighted by Gasteiger charge is -2.26. The summed E-state index contributed by atoms with van der Waals surface area (Å²) in [5.41, 5.74) is 0.0877. The van der Waals surface area contributed by atoms with Crippen molar-refractivity contribution in [2.24, 2.45) is 0 Å². The molecular formula is C27H42N2O10S. The fraction of sp³-hybridized carbons (Fsp3) is 0.593. The summed E-state index contributed by atoms with van der Waals surface area (Å²) in [5, 5.41) is 5.24. The average Bonchev–Trinajstić information content (AvgIpc) is 2.84. The molecule has 0 spiro atoms. The van der Waals surface area contributed by atoms with Crippen LogP contribution in [0.25, 0.3) is 0 Å². The molecule has 3 atom stereocenters. The van der Waals surface area contributed by atoms with Gasteiger partial charge in [-0.15, -0.1) is 0 Å². The van der Waals surface area contributed by atoms with E-state index >= 15 is 0 Å². The number of benzene rings is 1. The molecule has 0 saturated carbocycles. The number of carbonyl (C=O) groups excluding carboxylic acids is 3. The van der Waals surface area contributed by atoms with Crippen molar-refractivity contribution >= 4 is 28.1 Å². The van der Waals surface area contributed by atoms with Crippen molar-refractivity contribution in [1.29, 1.82) is 0 Å². The molecule has 0 aromatic heterocycles. The Hall–Kier alpha value is -3.00. The lowest BCUT2D eigenvalue weighted by atomic mass is 10.1. The van der Waals surface area contributed by atoms with Crippen LogP contribution in [0.2, 0.25) is 0 Å². The molecule has 1 aromatic rings. The van der Waals surface area contributed by atoms with Crippen molar-refractivity contribution in [2.45, 2.75) is 83.1 Å². The summed E-state index contributed by atoms with van der Waals surface area (Å²) in [6.45, 7) is 10.0. The van der Waals surface area contributed by atoms with E-state index in [2.05, 4.69) is 10.6 Å². The third-order valence-electron chi connectivity index (χ3n) is 5.09. The second kappa shape index (κ2) is 17.0. The molecule has 1 rings (SSSR count). The minimum atomic E-state index is -4.01. The first-order valence-electron chi connectivity index (χ1n) is 12.9. The number of amides is 2. The van der Waals surface area contributed by atoms with Gasteiger partial charge in [-0.1, -0.05) is 23.8 Å². The normalized spacial score (nSPS) is 14.3. The molecule has 226 valence electrons. The zero-order valence-corrected chi connectivity index (χ0v) is 25.0. The van der Waals surface area contributed by atoms with Gasteiger partial charge in [-0.3, -0.25) is 8.98 Å². The molecule has 0 bridgehead atoms. The fourth-order valence-corrected chi connectivity index (χ4v) is 4.15. The summed E-state index contributed by atoms with van der Waals surface area (Å²) in [5.74, 6) is -1.13. The summed E-state index contributed by atoms with van der Waals surface area (Å²) < 4.78 is 51.1. The van der Waals surface area contributed by atoms with Crippen LogP contribution in [0.4, 0.5) is 4.79 Å². The number of aryl methyl sites for hydroxylation is 1. The summed E-state index contributed by atoms with van der Waals surface area (Å²) in [6.07, 6.45) is 1.07. The Kier molecular flexibility index (Phi) is 14.8. The second-order valence-electron chi connectivity index (χ2n) is 9.92. The predicted octanol–water partition coefficient (Wildman–Crippen LogP) is 2.99. The maximum atomic E-state index is 13.1. The number of hydrogen-bond acceptors (Lipinski definition) is 10. The molecule has 0 saturated heterocycles. The van der Waals surface area contributed by atoms with Crippen molar-refractivity contribution < 1.29 is 45.9 Å². The number of rotatable bonds is 16. The molecule has 0 fully saturated rings. The Bertz CT molecular complexity index is 1080. The highest BCUT2D eigenvalue weighted by molar-refractivity contribution is 7.86. The molecule has 13 heteroatoms. The highest BCUT2D eigenvalue weighted by atomic mass is 32.2. The molecule has 1 aromatic carbocycles. The smallest absolute Gasteiger partial charge is 0.408 e. The van der Waals surface area contributed by atoms with E-state index in [1.165, 1.54) is 31.4 Å². The van der Waals surface area contributed by atoms with E-state index in [-0.39, 0.29) is 37.7 Å². The monoisotopic (exact) mass is 586 g/mol. The molecule has 0 radical (unpaired) electrons. The average molecular weight is 587 g/mol. The lowest BCUT2D eigenvalue weighted by Crippen LogP contribution is -2.51. The largest absolute Gasteiger partial charge is 0.463 e. The van der Waals surface area contributed by atoms with Crippen LogP contribution in [0.1, 0.15) is 53.0 Å². The Balaban J connectivity index is 2.99. The fourth-order valence-electron chi connectivity index (χ4n) is 3.23. The molecule has 0 aliphatic heterocycles. The van der Waals surface area contributed by atoms with Gasteiger partial charge >= 0.3 is 12.1 Å². The number of alkyl carbamates (subject to hydrolysis) is 1. The third kappa shape index (κ3) is 14.4. The van der Waals surface area contributed by atoms with E-state index in [1.807, 2.05) is 6.92 Å². The molecule has 0 aliphatic rings. The van der Waals surface area contributed by atoms with Crippen molar-refractivity contribution in [3.63, 3.8) is 0 Å². The zero-order chi connectivity index (χ0) is 30.3. The van der Waals surface area contributed by atoms with Gasteiger partial charge in [-0.2, -0.15) is 8.42 Å². The summed E-state index contributed by atoms with van der Waals surface area (Å²) >= 11 is 0. The van der Waals surface area contributed by atoms with E-state index in [9.17, 15) is 22.8 Å². The first kappa shape index (κ1) is 35.0. The standard InChI is InChI=1S/C27H42N2O10S/c1-8-36-24(30)14-11-20(3)28-25(31)23(29-26(32)39-27(4,5)6)17-21(37-18-35-7)15-16-38-40(33,34)22-12-9-19(2)10-13-22/h9-14,20-21,23H,8,15-18H2,1-7H3,(H,28,31)(H,29,32)/b14-11+/t20-,21-,23-/m0/s1. The molecule has 2 N–H and O–H groups in total. The predicted molar refractivity (Wildman–Crippen MR) is 147 cm³/mol. The molecular weight excluding hydrogens is 544 g/mol. The van der Waals surface area contributed by atoms with Gasteiger partial charge in [-0.05, 0) is 60.1 Å². The van der Waals surface area contributed by atoms with Crippen LogP contribution in [0.5, 0.6) is 0 Å². The van der Waals surface area contributed by atoms with E-state index < -0.39 is 51.9 Å². The number of hydrogen-bond donors (Lipinski definition) is 2. The molecule has 2 amide bonds. The number of methoxy groups -OCH3 is 1. The summed E-state index contributed by atoms with van der Waals surface area (Å²) in [4.78, 5) is 37.2. The maximum Gasteiger partial charge on any atom is 0.408 e. The van der Waals surface area contributed by atoms with E-state index in [4.69, 9.17) is 23.1 Å². The molecule has 40 heavy (non-hydrogen) atoms. The van der Waals surface area contributed by atoms with Crippen molar-refractivity contribution in [3.05, 3.63) is 42.0 Å². The van der Waals surface area contributed by atoms with Gasteiger partial charge in [0, 0.05) is 25.6 Å². The Morgan fingerprint density at radius 2 is 1.73 bits per heavy atom. The SMILES string of the molecule is CCOC(=O)/C=C/[C@H](C)NC(=O)[C@H](C[C@H](CCOS(=O)(=O)c1ccc(C)cc1)OCOC)NC(=O)OC(C)(C)C. The van der Waals surface area contributed by atoms with Gasteiger partial charge in [-0.25, -0.2) is 9.59 Å². The van der Waals surface area contributed by atoms with E-state index in [0.717, 1.165) is 5.56 Å². The van der Waals surface area contributed by atoms with Gasteiger partial charge in [0.25, 0.3) is 10.1 Å². The first-order chi connectivity index (χ1) is 18.7. The number of ether oxygens (including phenoxy) is 4. The van der Waals surface area contributed by atoms with Gasteiger partial charge in [0.2, 0.25) is 5.91 Å². The van der Waals surface area contributed by atoms with Crippen LogP contribution in [-0.4, -0.2) is 77.3 Å². The Labute approximate surface area is 236 Å². The quantitative estimate of drug-likeness (QED) is 0.128. The highest BCUT2D eigenvalue weighted by Crippen LogP contribution is 2.16. The second-order valence-corrected chi connectivity index (χ2v) is 11.5. The van der Waals surface area contributed by atoms with Crippen LogP contribution >= 0.6 is 0 Å². The van der Waals surface area contributed by atoms with Crippen molar-refractivity contribution in [2.75, 3.05) is 27.1 Å². The molecule has 0 heterocycles. The number of esters is 1. The minimum Gasteiger partial charge on any atom is -0.463 e. The van der Waals surface area contributed by atoms with Crippen LogP contribution in [0.15, 0.2) is 41.3 Å². The third-order valence-corrected chi connectivity index (χ3v) is 6.42. The molecule has 12 nitrogen and oxygen atoms in total. The number of nitrogens with one attached hydrogen (secondary N) is 2. The van der Waals surface area contributed by atoms with Crippen molar-refractivity contribution in [3.8, 4) is 0 Å². The van der Waals surface area contributed by atoms with E-state index in [1.54, 1.807) is 46.8 Å². The lowest BCUT2D eigenvalue weighted by molar-refractivity contribution is -0.137. The maximum absolute atomic E-state index is 13.1. The van der Waals surface area contributed by atoms with Gasteiger partial charge in [0.15, 0.2) is 0 Å².